The van der Waals surface area contributed by atoms with Gasteiger partial charge in [-0.3, -0.25) is 0 Å². The Bertz CT molecular complexity index is 515. The number of carbonyl (C=O) groups is 2. The summed E-state index contributed by atoms with van der Waals surface area (Å²) < 4.78 is 0. The van der Waals surface area contributed by atoms with Crippen molar-refractivity contribution in [2.24, 2.45) is 11.8 Å². The lowest BCUT2D eigenvalue weighted by molar-refractivity contribution is 0.0690. The molecule has 3 atom stereocenters. The van der Waals surface area contributed by atoms with Crippen LogP contribution in [0, 0.1) is 11.8 Å². The van der Waals surface area contributed by atoms with E-state index in [1.165, 1.54) is 12.3 Å². The lowest BCUT2D eigenvalue weighted by Crippen LogP contribution is -2.43. The molecule has 2 amide bonds. The molecule has 6 nitrogen and oxygen atoms in total. The molecule has 1 aromatic heterocycles. The van der Waals surface area contributed by atoms with Crippen LogP contribution in [0.2, 0.25) is 0 Å². The summed E-state index contributed by atoms with van der Waals surface area (Å²) in [5.74, 6) is 0.0759. The smallest absolute Gasteiger partial charge is 0.354 e. The van der Waals surface area contributed by atoms with Gasteiger partial charge in [-0.2, -0.15) is 0 Å². The Kier molecular flexibility index (Phi) is 4.77. The molecule has 0 aromatic carbocycles. The van der Waals surface area contributed by atoms with Crippen molar-refractivity contribution >= 4 is 12.0 Å². The molecule has 1 aliphatic carbocycles. The van der Waals surface area contributed by atoms with Gasteiger partial charge in [0, 0.05) is 18.8 Å². The monoisotopic (exact) mass is 291 g/mol. The van der Waals surface area contributed by atoms with E-state index < -0.39 is 5.97 Å². The van der Waals surface area contributed by atoms with Crippen LogP contribution >= 0.6 is 0 Å². The number of nitrogens with one attached hydrogen (secondary N) is 2. The molecule has 6 heteroatoms. The van der Waals surface area contributed by atoms with Gasteiger partial charge in [0.05, 0.1) is 0 Å². The van der Waals surface area contributed by atoms with Crippen molar-refractivity contribution in [3.05, 3.63) is 29.6 Å². The van der Waals surface area contributed by atoms with Crippen molar-refractivity contribution in [1.29, 1.82) is 0 Å². The van der Waals surface area contributed by atoms with Crippen LogP contribution in [0.4, 0.5) is 4.79 Å². The first kappa shape index (κ1) is 15.3. The van der Waals surface area contributed by atoms with Crippen LogP contribution in [0.5, 0.6) is 0 Å². The summed E-state index contributed by atoms with van der Waals surface area (Å²) in [5, 5.41) is 14.5. The Morgan fingerprint density at radius 2 is 2.10 bits per heavy atom. The molecule has 114 valence electrons. The number of urea groups is 1. The maximum Gasteiger partial charge on any atom is 0.354 e. The third kappa shape index (κ3) is 3.93. The largest absolute Gasteiger partial charge is 0.477 e. The van der Waals surface area contributed by atoms with Gasteiger partial charge in [-0.15, -0.1) is 0 Å². The highest BCUT2D eigenvalue weighted by atomic mass is 16.4. The standard InChI is InChI=1S/C15H21N3O3/c1-9-3-5-12(10(9)2)18-15(21)17-8-11-4-6-13(14(19)20)16-7-11/h4,6-7,9-10,12H,3,5,8H2,1-2H3,(H,19,20)(H2,17,18,21). The van der Waals surface area contributed by atoms with E-state index in [9.17, 15) is 9.59 Å². The molecule has 0 spiro atoms. The second-order valence-corrected chi connectivity index (χ2v) is 5.70. The summed E-state index contributed by atoms with van der Waals surface area (Å²) in [6.07, 6.45) is 3.63. The molecule has 1 aliphatic rings. The highest BCUT2D eigenvalue weighted by Crippen LogP contribution is 2.30. The summed E-state index contributed by atoms with van der Waals surface area (Å²) in [6.45, 7) is 4.70. The van der Waals surface area contributed by atoms with Crippen LogP contribution in [-0.4, -0.2) is 28.1 Å². The van der Waals surface area contributed by atoms with Crippen molar-refractivity contribution in [1.82, 2.24) is 15.6 Å². The van der Waals surface area contributed by atoms with Crippen LogP contribution in [-0.2, 0) is 6.54 Å². The molecular formula is C15H21N3O3. The normalized spacial score (nSPS) is 24.6. The maximum absolute atomic E-state index is 11.9. The Morgan fingerprint density at radius 1 is 1.33 bits per heavy atom. The number of hydrogen-bond donors (Lipinski definition) is 3. The summed E-state index contributed by atoms with van der Waals surface area (Å²) in [4.78, 5) is 26.4. The minimum absolute atomic E-state index is 0.00281. The molecule has 0 saturated heterocycles. The molecule has 1 saturated carbocycles. The number of pyridine rings is 1. The Balaban J connectivity index is 1.80. The molecule has 1 fully saturated rings. The van der Waals surface area contributed by atoms with Crippen LogP contribution in [0.3, 0.4) is 0 Å². The van der Waals surface area contributed by atoms with Crippen LogP contribution in [0.15, 0.2) is 18.3 Å². The van der Waals surface area contributed by atoms with E-state index in [0.717, 1.165) is 18.4 Å². The zero-order chi connectivity index (χ0) is 15.4. The molecule has 3 unspecified atom stereocenters. The van der Waals surface area contributed by atoms with Crippen molar-refractivity contribution < 1.29 is 14.7 Å². The topological polar surface area (TPSA) is 91.3 Å². The third-order valence-corrected chi connectivity index (χ3v) is 4.28. The molecular weight excluding hydrogens is 270 g/mol. The number of nitrogens with zero attached hydrogens (tertiary/aromatic N) is 1. The number of amides is 2. The fraction of sp³-hybridized carbons (Fsp3) is 0.533. The average Bonchev–Trinajstić information content (AvgIpc) is 2.77. The van der Waals surface area contributed by atoms with Crippen molar-refractivity contribution in [2.75, 3.05) is 0 Å². The number of aromatic carboxylic acids is 1. The highest BCUT2D eigenvalue weighted by molar-refractivity contribution is 5.85. The van der Waals surface area contributed by atoms with Gasteiger partial charge in [0.15, 0.2) is 0 Å². The molecule has 0 radical (unpaired) electrons. The first-order valence-electron chi connectivity index (χ1n) is 7.20. The average molecular weight is 291 g/mol. The van der Waals surface area contributed by atoms with E-state index in [4.69, 9.17) is 5.11 Å². The summed E-state index contributed by atoms with van der Waals surface area (Å²) in [7, 11) is 0. The SMILES string of the molecule is CC1CCC(NC(=O)NCc2ccc(C(=O)O)nc2)C1C. The Labute approximate surface area is 124 Å². The van der Waals surface area contributed by atoms with Crippen LogP contribution < -0.4 is 10.6 Å². The van der Waals surface area contributed by atoms with Crippen molar-refractivity contribution in [3.8, 4) is 0 Å². The van der Waals surface area contributed by atoms with E-state index in [-0.39, 0.29) is 17.8 Å². The molecule has 21 heavy (non-hydrogen) atoms. The quantitative estimate of drug-likeness (QED) is 0.791. The lowest BCUT2D eigenvalue weighted by atomic mass is 9.98. The number of hydrogen-bond acceptors (Lipinski definition) is 3. The zero-order valence-electron chi connectivity index (χ0n) is 12.3. The summed E-state index contributed by atoms with van der Waals surface area (Å²) >= 11 is 0. The van der Waals surface area contributed by atoms with Gasteiger partial charge < -0.3 is 15.7 Å². The van der Waals surface area contributed by atoms with Gasteiger partial charge in [0.1, 0.15) is 5.69 Å². The fourth-order valence-electron chi connectivity index (χ4n) is 2.63. The first-order valence-corrected chi connectivity index (χ1v) is 7.20. The van der Waals surface area contributed by atoms with Crippen LogP contribution in [0.25, 0.3) is 0 Å². The summed E-state index contributed by atoms with van der Waals surface area (Å²) in [6, 6.07) is 3.12. The Hall–Kier alpha value is -2.11. The van der Waals surface area contributed by atoms with E-state index in [1.807, 2.05) is 0 Å². The molecule has 1 aromatic rings. The molecule has 1 heterocycles. The van der Waals surface area contributed by atoms with Gasteiger partial charge in [-0.05, 0) is 36.3 Å². The predicted octanol–water partition coefficient (Wildman–Crippen LogP) is 2.01. The minimum atomic E-state index is -1.06. The van der Waals surface area contributed by atoms with E-state index >= 15 is 0 Å². The zero-order valence-corrected chi connectivity index (χ0v) is 12.3. The highest BCUT2D eigenvalue weighted by Gasteiger charge is 2.30. The molecule has 2 rings (SSSR count). The van der Waals surface area contributed by atoms with Crippen molar-refractivity contribution in [3.63, 3.8) is 0 Å². The number of carboxylic acid groups (broad SMARTS) is 1. The maximum atomic E-state index is 11.9. The lowest BCUT2D eigenvalue weighted by Gasteiger charge is -2.19. The van der Waals surface area contributed by atoms with Gasteiger partial charge >= 0.3 is 12.0 Å². The van der Waals surface area contributed by atoms with E-state index in [1.54, 1.807) is 6.07 Å². The van der Waals surface area contributed by atoms with Gasteiger partial charge in [-0.1, -0.05) is 19.9 Å². The van der Waals surface area contributed by atoms with Crippen molar-refractivity contribution in [2.45, 2.75) is 39.3 Å². The third-order valence-electron chi connectivity index (χ3n) is 4.28. The second-order valence-electron chi connectivity index (χ2n) is 5.70. The van der Waals surface area contributed by atoms with Crippen LogP contribution in [0.1, 0.15) is 42.7 Å². The minimum Gasteiger partial charge on any atom is -0.477 e. The molecule has 0 aliphatic heterocycles. The van der Waals surface area contributed by atoms with E-state index in [0.29, 0.717) is 18.4 Å². The Morgan fingerprint density at radius 3 is 2.62 bits per heavy atom. The number of carbonyl (C=O) groups excluding carboxylic acids is 1. The summed E-state index contributed by atoms with van der Waals surface area (Å²) in [5.41, 5.74) is 0.764. The number of rotatable bonds is 4. The molecule has 0 bridgehead atoms. The number of carboxylic acids is 1. The fourth-order valence-corrected chi connectivity index (χ4v) is 2.63. The van der Waals surface area contributed by atoms with Gasteiger partial charge in [0.2, 0.25) is 0 Å². The van der Waals surface area contributed by atoms with Gasteiger partial charge in [-0.25, -0.2) is 14.6 Å². The number of aromatic nitrogens is 1. The van der Waals surface area contributed by atoms with Gasteiger partial charge in [0.25, 0.3) is 0 Å². The predicted molar refractivity (Wildman–Crippen MR) is 77.9 cm³/mol. The second kappa shape index (κ2) is 6.56. The first-order chi connectivity index (χ1) is 9.97. The molecule has 3 N–H and O–H groups in total. The van der Waals surface area contributed by atoms with E-state index in [2.05, 4.69) is 29.5 Å².